The van der Waals surface area contributed by atoms with Gasteiger partial charge in [-0.1, -0.05) is 0 Å². The fourth-order valence-electron chi connectivity index (χ4n) is 1.23. The summed E-state index contributed by atoms with van der Waals surface area (Å²) < 4.78 is 5.45. The van der Waals surface area contributed by atoms with Crippen LogP contribution in [0.3, 0.4) is 0 Å². The molecule has 0 amide bonds. The standard InChI is InChI=1S/C11H20N2OS/c1-8(2)14-6-5-12-10(4)11-13-7-9(3)15-11/h7-8,10,12H,5-6H2,1-4H3. The topological polar surface area (TPSA) is 34.2 Å². The summed E-state index contributed by atoms with van der Waals surface area (Å²) in [4.78, 5) is 5.61. The Hall–Kier alpha value is -0.450. The van der Waals surface area contributed by atoms with E-state index in [1.54, 1.807) is 11.3 Å². The van der Waals surface area contributed by atoms with Gasteiger partial charge in [0.1, 0.15) is 5.01 Å². The summed E-state index contributed by atoms with van der Waals surface area (Å²) in [7, 11) is 0. The average molecular weight is 228 g/mol. The first-order chi connectivity index (χ1) is 7.09. The second kappa shape index (κ2) is 6.20. The van der Waals surface area contributed by atoms with E-state index in [9.17, 15) is 0 Å². The molecule has 1 atom stereocenters. The van der Waals surface area contributed by atoms with Gasteiger partial charge in [0.25, 0.3) is 0 Å². The molecule has 3 nitrogen and oxygen atoms in total. The molecule has 0 saturated carbocycles. The van der Waals surface area contributed by atoms with Crippen molar-refractivity contribution in [2.75, 3.05) is 13.2 Å². The van der Waals surface area contributed by atoms with Gasteiger partial charge in [-0.15, -0.1) is 11.3 Å². The maximum Gasteiger partial charge on any atom is 0.109 e. The normalized spacial score (nSPS) is 13.4. The molecule has 0 aliphatic heterocycles. The molecular weight excluding hydrogens is 208 g/mol. The molecular formula is C11H20N2OS. The molecule has 0 aliphatic carbocycles. The zero-order valence-corrected chi connectivity index (χ0v) is 10.7. The predicted octanol–water partition coefficient (Wildman–Crippen LogP) is 2.53. The molecule has 15 heavy (non-hydrogen) atoms. The van der Waals surface area contributed by atoms with Gasteiger partial charge >= 0.3 is 0 Å². The Balaban J connectivity index is 2.21. The van der Waals surface area contributed by atoms with E-state index in [4.69, 9.17) is 4.74 Å². The highest BCUT2D eigenvalue weighted by Gasteiger charge is 2.07. The van der Waals surface area contributed by atoms with Crippen molar-refractivity contribution < 1.29 is 4.74 Å². The number of nitrogens with one attached hydrogen (secondary N) is 1. The number of aryl methyl sites for hydroxylation is 1. The fraction of sp³-hybridized carbons (Fsp3) is 0.727. The molecule has 1 heterocycles. The molecule has 0 spiro atoms. The minimum atomic E-state index is 0.309. The Morgan fingerprint density at radius 1 is 1.47 bits per heavy atom. The third kappa shape index (κ3) is 4.73. The smallest absolute Gasteiger partial charge is 0.109 e. The Kier molecular flexibility index (Phi) is 5.22. The van der Waals surface area contributed by atoms with Crippen molar-refractivity contribution in [3.8, 4) is 0 Å². The summed E-state index contributed by atoms with van der Waals surface area (Å²) in [5, 5.41) is 4.54. The van der Waals surface area contributed by atoms with Crippen LogP contribution in [0.4, 0.5) is 0 Å². The van der Waals surface area contributed by atoms with Crippen LogP contribution in [0, 0.1) is 6.92 Å². The van der Waals surface area contributed by atoms with Gasteiger partial charge in [-0.05, 0) is 27.7 Å². The van der Waals surface area contributed by atoms with Crippen molar-refractivity contribution >= 4 is 11.3 Å². The van der Waals surface area contributed by atoms with E-state index < -0.39 is 0 Å². The molecule has 0 radical (unpaired) electrons. The van der Waals surface area contributed by atoms with E-state index >= 15 is 0 Å². The zero-order chi connectivity index (χ0) is 11.3. The summed E-state index contributed by atoms with van der Waals surface area (Å²) in [6.07, 6.45) is 2.23. The number of nitrogens with zero attached hydrogens (tertiary/aromatic N) is 1. The van der Waals surface area contributed by atoms with Crippen molar-refractivity contribution in [3.63, 3.8) is 0 Å². The van der Waals surface area contributed by atoms with Gasteiger partial charge in [0.2, 0.25) is 0 Å². The molecule has 86 valence electrons. The number of ether oxygens (including phenoxy) is 1. The molecule has 0 saturated heterocycles. The van der Waals surface area contributed by atoms with Crippen LogP contribution in [0.5, 0.6) is 0 Å². The van der Waals surface area contributed by atoms with E-state index in [1.165, 1.54) is 4.88 Å². The van der Waals surface area contributed by atoms with E-state index in [2.05, 4.69) is 24.1 Å². The Bertz CT molecular complexity index is 286. The average Bonchev–Trinajstić information content (AvgIpc) is 2.59. The molecule has 1 aromatic rings. The van der Waals surface area contributed by atoms with Crippen LogP contribution in [0.15, 0.2) is 6.20 Å². The van der Waals surface area contributed by atoms with Crippen LogP contribution in [0.2, 0.25) is 0 Å². The lowest BCUT2D eigenvalue weighted by Crippen LogP contribution is -2.24. The SMILES string of the molecule is Cc1cnc(C(C)NCCOC(C)C)s1. The van der Waals surface area contributed by atoms with Crippen LogP contribution in [-0.2, 0) is 4.74 Å². The van der Waals surface area contributed by atoms with Crippen molar-refractivity contribution in [2.24, 2.45) is 0 Å². The first-order valence-corrected chi connectivity index (χ1v) is 6.18. The molecule has 0 aliphatic rings. The molecule has 4 heteroatoms. The number of rotatable bonds is 6. The quantitative estimate of drug-likeness (QED) is 0.760. The summed E-state index contributed by atoms with van der Waals surface area (Å²) >= 11 is 1.75. The van der Waals surface area contributed by atoms with Crippen molar-refractivity contribution in [3.05, 3.63) is 16.1 Å². The lowest BCUT2D eigenvalue weighted by Gasteiger charge is -2.12. The summed E-state index contributed by atoms with van der Waals surface area (Å²) in [6, 6.07) is 0.319. The van der Waals surface area contributed by atoms with E-state index in [-0.39, 0.29) is 0 Å². The summed E-state index contributed by atoms with van der Waals surface area (Å²) in [5.74, 6) is 0. The van der Waals surface area contributed by atoms with Gasteiger partial charge in [-0.25, -0.2) is 4.98 Å². The lowest BCUT2D eigenvalue weighted by atomic mass is 10.3. The van der Waals surface area contributed by atoms with Gasteiger partial charge in [0.15, 0.2) is 0 Å². The highest BCUT2D eigenvalue weighted by molar-refractivity contribution is 7.11. The highest BCUT2D eigenvalue weighted by atomic mass is 32.1. The zero-order valence-electron chi connectivity index (χ0n) is 9.91. The van der Waals surface area contributed by atoms with Gasteiger partial charge in [0, 0.05) is 17.6 Å². The van der Waals surface area contributed by atoms with E-state index in [1.807, 2.05) is 20.0 Å². The first-order valence-electron chi connectivity index (χ1n) is 5.37. The second-order valence-corrected chi connectivity index (χ2v) is 5.17. The minimum Gasteiger partial charge on any atom is -0.377 e. The molecule has 1 aromatic heterocycles. The minimum absolute atomic E-state index is 0.309. The van der Waals surface area contributed by atoms with Crippen LogP contribution in [-0.4, -0.2) is 24.2 Å². The monoisotopic (exact) mass is 228 g/mol. The van der Waals surface area contributed by atoms with Crippen LogP contribution in [0.25, 0.3) is 0 Å². The predicted molar refractivity (Wildman–Crippen MR) is 64.4 cm³/mol. The van der Waals surface area contributed by atoms with E-state index in [0.717, 1.165) is 18.2 Å². The molecule has 1 N–H and O–H groups in total. The molecule has 0 bridgehead atoms. The first kappa shape index (κ1) is 12.6. The maximum absolute atomic E-state index is 5.45. The van der Waals surface area contributed by atoms with Gasteiger partial charge in [-0.3, -0.25) is 0 Å². The largest absolute Gasteiger partial charge is 0.377 e. The molecule has 1 unspecified atom stereocenters. The van der Waals surface area contributed by atoms with Crippen LogP contribution < -0.4 is 5.32 Å². The number of hydrogen-bond acceptors (Lipinski definition) is 4. The molecule has 1 rings (SSSR count). The third-order valence-corrected chi connectivity index (χ3v) is 3.11. The fourth-order valence-corrected chi connectivity index (χ4v) is 2.03. The number of thiazole rings is 1. The number of hydrogen-bond donors (Lipinski definition) is 1. The summed E-state index contributed by atoms with van der Waals surface area (Å²) in [5.41, 5.74) is 0. The van der Waals surface area contributed by atoms with Crippen molar-refractivity contribution in [2.45, 2.75) is 39.8 Å². The van der Waals surface area contributed by atoms with Crippen molar-refractivity contribution in [1.82, 2.24) is 10.3 Å². The Morgan fingerprint density at radius 3 is 2.73 bits per heavy atom. The van der Waals surface area contributed by atoms with Crippen molar-refractivity contribution in [1.29, 1.82) is 0 Å². The highest BCUT2D eigenvalue weighted by Crippen LogP contribution is 2.18. The van der Waals surface area contributed by atoms with Gasteiger partial charge < -0.3 is 10.1 Å². The summed E-state index contributed by atoms with van der Waals surface area (Å²) in [6.45, 7) is 9.94. The maximum atomic E-state index is 5.45. The molecule has 0 aromatic carbocycles. The lowest BCUT2D eigenvalue weighted by molar-refractivity contribution is 0.0796. The Morgan fingerprint density at radius 2 is 2.20 bits per heavy atom. The van der Waals surface area contributed by atoms with E-state index in [0.29, 0.717) is 12.1 Å². The van der Waals surface area contributed by atoms with Gasteiger partial charge in [0.05, 0.1) is 18.8 Å². The van der Waals surface area contributed by atoms with Crippen LogP contribution >= 0.6 is 11.3 Å². The van der Waals surface area contributed by atoms with Crippen LogP contribution in [0.1, 0.15) is 36.7 Å². The Labute approximate surface area is 95.9 Å². The molecule has 0 fully saturated rings. The van der Waals surface area contributed by atoms with Gasteiger partial charge in [-0.2, -0.15) is 0 Å². The number of aromatic nitrogens is 1. The second-order valence-electron chi connectivity index (χ2n) is 3.90. The third-order valence-electron chi connectivity index (χ3n) is 2.01.